The lowest BCUT2D eigenvalue weighted by molar-refractivity contribution is -0.144. The first kappa shape index (κ1) is 25.4. The van der Waals surface area contributed by atoms with Crippen molar-refractivity contribution in [3.8, 4) is 5.69 Å². The molecule has 0 aliphatic heterocycles. The molecule has 194 valence electrons. The smallest absolute Gasteiger partial charge is 0.335 e. The monoisotopic (exact) mass is 525 g/mol. The van der Waals surface area contributed by atoms with E-state index in [9.17, 15) is 19.1 Å². The van der Waals surface area contributed by atoms with Crippen molar-refractivity contribution >= 4 is 29.2 Å². The van der Waals surface area contributed by atoms with Crippen LogP contribution in [0.3, 0.4) is 0 Å². The Balaban J connectivity index is 1.64. The van der Waals surface area contributed by atoms with Crippen molar-refractivity contribution in [2.75, 3.05) is 5.32 Å². The zero-order chi connectivity index (χ0) is 26.2. The van der Waals surface area contributed by atoms with Gasteiger partial charge in [-0.2, -0.15) is 5.10 Å². The summed E-state index contributed by atoms with van der Waals surface area (Å²) in [6.45, 7) is 0. The maximum absolute atomic E-state index is 14.8. The van der Waals surface area contributed by atoms with Crippen LogP contribution >= 0.6 is 11.6 Å². The Kier molecular flexibility index (Phi) is 7.05. The van der Waals surface area contributed by atoms with Crippen LogP contribution in [0.25, 0.3) is 5.69 Å². The van der Waals surface area contributed by atoms with Crippen LogP contribution in [0.4, 0.5) is 10.1 Å². The normalized spacial score (nSPS) is 17.6. The zero-order valence-electron chi connectivity index (χ0n) is 20.3. The van der Waals surface area contributed by atoms with Gasteiger partial charge in [-0.25, -0.2) is 13.9 Å². The van der Waals surface area contributed by atoms with Crippen LogP contribution in [0, 0.1) is 11.7 Å². The minimum absolute atomic E-state index is 0.185. The number of carbonyl (C=O) groups excluding carboxylic acids is 1. The SMILES string of the molecule is O=C(O)c1ccc(NC(=O)C(O)(c2c3c(nn2-c2ccc(Cl)cc2)CCCC3)C2CCCCC2)c(F)c1. The molecule has 0 saturated heterocycles. The van der Waals surface area contributed by atoms with Gasteiger partial charge in [-0.15, -0.1) is 0 Å². The van der Waals surface area contributed by atoms with Gasteiger partial charge in [0.2, 0.25) is 0 Å². The van der Waals surface area contributed by atoms with E-state index in [2.05, 4.69) is 5.32 Å². The van der Waals surface area contributed by atoms with Crippen molar-refractivity contribution in [1.82, 2.24) is 9.78 Å². The summed E-state index contributed by atoms with van der Waals surface area (Å²) in [7, 11) is 0. The van der Waals surface area contributed by atoms with Crippen LogP contribution < -0.4 is 5.32 Å². The molecule has 1 aromatic heterocycles. The number of aromatic nitrogens is 2. The summed E-state index contributed by atoms with van der Waals surface area (Å²) in [4.78, 5) is 25.2. The molecule has 1 amide bonds. The first-order valence-electron chi connectivity index (χ1n) is 12.7. The summed E-state index contributed by atoms with van der Waals surface area (Å²) in [6, 6.07) is 10.4. The molecule has 2 aliphatic carbocycles. The summed E-state index contributed by atoms with van der Waals surface area (Å²) >= 11 is 6.12. The second kappa shape index (κ2) is 10.3. The number of nitrogens with one attached hydrogen (secondary N) is 1. The van der Waals surface area contributed by atoms with E-state index in [1.807, 2.05) is 0 Å². The fourth-order valence-corrected chi connectivity index (χ4v) is 5.81. The lowest BCUT2D eigenvalue weighted by atomic mass is 9.72. The van der Waals surface area contributed by atoms with Crippen molar-refractivity contribution in [3.63, 3.8) is 0 Å². The lowest BCUT2D eigenvalue weighted by Crippen LogP contribution is -2.49. The van der Waals surface area contributed by atoms with Crippen LogP contribution in [-0.4, -0.2) is 31.9 Å². The maximum Gasteiger partial charge on any atom is 0.335 e. The topological polar surface area (TPSA) is 104 Å². The molecule has 3 N–H and O–H groups in total. The van der Waals surface area contributed by atoms with E-state index < -0.39 is 29.2 Å². The van der Waals surface area contributed by atoms with Gasteiger partial charge in [-0.1, -0.05) is 30.9 Å². The number of nitrogens with zero attached hydrogens (tertiary/aromatic N) is 2. The molecule has 0 spiro atoms. The standard InChI is InChI=1S/C28H29ClFN3O4/c29-19-11-13-20(14-12-19)33-25(21-8-4-5-9-23(21)32-33)28(37,18-6-2-1-3-7-18)27(36)31-24-15-10-17(26(34)35)16-22(24)30/h10-16,18,37H,1-9H2,(H,31,36)(H,34,35). The number of aliphatic hydroxyl groups is 1. The van der Waals surface area contributed by atoms with E-state index in [-0.39, 0.29) is 11.3 Å². The van der Waals surface area contributed by atoms with E-state index in [1.165, 1.54) is 12.1 Å². The van der Waals surface area contributed by atoms with Crippen LogP contribution in [0.5, 0.6) is 0 Å². The molecule has 0 radical (unpaired) electrons. The van der Waals surface area contributed by atoms with Gasteiger partial charge in [-0.3, -0.25) is 4.79 Å². The highest BCUT2D eigenvalue weighted by molar-refractivity contribution is 6.30. The molecule has 0 bridgehead atoms. The number of hydrogen-bond acceptors (Lipinski definition) is 4. The average Bonchev–Trinajstić information content (AvgIpc) is 3.30. The molecule has 2 aromatic carbocycles. The van der Waals surface area contributed by atoms with Crippen LogP contribution in [-0.2, 0) is 23.2 Å². The van der Waals surface area contributed by atoms with Gasteiger partial charge < -0.3 is 15.5 Å². The number of fused-ring (bicyclic) bond motifs is 1. The van der Waals surface area contributed by atoms with Crippen molar-refractivity contribution < 1.29 is 24.2 Å². The minimum Gasteiger partial charge on any atom is -0.478 e. The number of aromatic carboxylic acids is 1. The Morgan fingerprint density at radius 1 is 1.03 bits per heavy atom. The van der Waals surface area contributed by atoms with Gasteiger partial charge in [0.1, 0.15) is 5.82 Å². The highest BCUT2D eigenvalue weighted by atomic mass is 35.5. The van der Waals surface area contributed by atoms with E-state index in [4.69, 9.17) is 21.8 Å². The van der Waals surface area contributed by atoms with Gasteiger partial charge in [0, 0.05) is 16.5 Å². The fourth-order valence-electron chi connectivity index (χ4n) is 5.69. The highest BCUT2D eigenvalue weighted by Crippen LogP contribution is 2.44. The van der Waals surface area contributed by atoms with Crippen LogP contribution in [0.2, 0.25) is 5.02 Å². The van der Waals surface area contributed by atoms with Gasteiger partial charge in [0.15, 0.2) is 5.60 Å². The fraction of sp³-hybridized carbons (Fsp3) is 0.393. The van der Waals surface area contributed by atoms with E-state index in [1.54, 1.807) is 28.9 Å². The van der Waals surface area contributed by atoms with Crippen molar-refractivity contribution in [1.29, 1.82) is 0 Å². The van der Waals surface area contributed by atoms with E-state index >= 15 is 0 Å². The summed E-state index contributed by atoms with van der Waals surface area (Å²) in [5.74, 6) is -3.29. The number of carboxylic acids is 1. The third-order valence-electron chi connectivity index (χ3n) is 7.60. The Bertz CT molecular complexity index is 1330. The number of carboxylic acid groups (broad SMARTS) is 1. The third-order valence-corrected chi connectivity index (χ3v) is 7.85. The van der Waals surface area contributed by atoms with Crippen LogP contribution in [0.1, 0.15) is 72.3 Å². The van der Waals surface area contributed by atoms with Gasteiger partial charge in [0.05, 0.1) is 28.3 Å². The molecule has 7 nitrogen and oxygen atoms in total. The number of aryl methyl sites for hydroxylation is 1. The Morgan fingerprint density at radius 2 is 1.73 bits per heavy atom. The quantitative estimate of drug-likeness (QED) is 0.386. The molecular formula is C28H29ClFN3O4. The summed E-state index contributed by atoms with van der Waals surface area (Å²) in [6.07, 6.45) is 7.38. The third kappa shape index (κ3) is 4.76. The zero-order valence-corrected chi connectivity index (χ0v) is 21.1. The summed E-state index contributed by atoms with van der Waals surface area (Å²) in [5, 5.41) is 29.6. The summed E-state index contributed by atoms with van der Waals surface area (Å²) < 4.78 is 16.5. The van der Waals surface area contributed by atoms with Crippen molar-refractivity contribution in [3.05, 3.63) is 75.8 Å². The number of halogens is 2. The van der Waals surface area contributed by atoms with Crippen molar-refractivity contribution in [2.24, 2.45) is 5.92 Å². The summed E-state index contributed by atoms with van der Waals surface area (Å²) in [5.41, 5.74) is 0.435. The molecule has 1 fully saturated rings. The molecule has 1 saturated carbocycles. The molecular weight excluding hydrogens is 497 g/mol. The minimum atomic E-state index is -1.98. The largest absolute Gasteiger partial charge is 0.478 e. The first-order valence-corrected chi connectivity index (χ1v) is 13.1. The maximum atomic E-state index is 14.8. The molecule has 5 rings (SSSR count). The number of benzene rings is 2. The first-order chi connectivity index (χ1) is 17.8. The van der Waals surface area contributed by atoms with E-state index in [0.29, 0.717) is 35.7 Å². The lowest BCUT2D eigenvalue weighted by Gasteiger charge is -2.38. The van der Waals surface area contributed by atoms with Crippen LogP contribution in [0.15, 0.2) is 42.5 Å². The highest BCUT2D eigenvalue weighted by Gasteiger charge is 2.50. The molecule has 1 heterocycles. The van der Waals surface area contributed by atoms with E-state index in [0.717, 1.165) is 55.8 Å². The van der Waals surface area contributed by atoms with Gasteiger partial charge in [0.25, 0.3) is 5.91 Å². The molecule has 1 unspecified atom stereocenters. The Labute approximate surface area is 219 Å². The number of rotatable bonds is 6. The van der Waals surface area contributed by atoms with Crippen molar-refractivity contribution in [2.45, 2.75) is 63.4 Å². The molecule has 3 aromatic rings. The molecule has 2 aliphatic rings. The predicted octanol–water partition coefficient (Wildman–Crippen LogP) is 5.65. The second-order valence-electron chi connectivity index (χ2n) is 9.92. The molecule has 1 atom stereocenters. The number of anilines is 1. The number of carbonyl (C=O) groups is 2. The molecule has 9 heteroatoms. The van der Waals surface area contributed by atoms with Gasteiger partial charge >= 0.3 is 5.97 Å². The second-order valence-corrected chi connectivity index (χ2v) is 10.4. The molecule has 37 heavy (non-hydrogen) atoms. The average molecular weight is 526 g/mol. The predicted molar refractivity (Wildman–Crippen MR) is 138 cm³/mol. The number of hydrogen-bond donors (Lipinski definition) is 3. The number of amides is 1. The Morgan fingerprint density at radius 3 is 2.41 bits per heavy atom. The van der Waals surface area contributed by atoms with Gasteiger partial charge in [-0.05, 0) is 81.0 Å². The Hall–Kier alpha value is -3.23.